The number of primary amides is 1. The van der Waals surface area contributed by atoms with Gasteiger partial charge in [-0.1, -0.05) is 0 Å². The number of alkyl halides is 3. The topological polar surface area (TPSA) is 78.3 Å². The molecule has 7 heteroatoms. The van der Waals surface area contributed by atoms with E-state index in [-0.39, 0.29) is 13.0 Å². The Morgan fingerprint density at radius 2 is 2.00 bits per heavy atom. The number of carbonyl (C=O) groups excluding carboxylic acids is 1. The number of hydrogen-bond acceptors (Lipinski definition) is 3. The summed E-state index contributed by atoms with van der Waals surface area (Å²) in [6, 6.07) is -0.963. The van der Waals surface area contributed by atoms with Gasteiger partial charge in [0.1, 0.15) is 0 Å². The van der Waals surface area contributed by atoms with E-state index < -0.39 is 24.2 Å². The molecule has 0 saturated carbocycles. The molecule has 1 amide bonds. The highest BCUT2D eigenvalue weighted by atomic mass is 19.4. The van der Waals surface area contributed by atoms with E-state index in [0.717, 1.165) is 6.92 Å². The molecule has 0 aliphatic rings. The van der Waals surface area contributed by atoms with Gasteiger partial charge in [0.25, 0.3) is 0 Å². The van der Waals surface area contributed by atoms with Gasteiger partial charge in [-0.3, -0.25) is 4.79 Å². The van der Waals surface area contributed by atoms with Gasteiger partial charge in [-0.2, -0.15) is 13.2 Å². The Labute approximate surface area is 79.4 Å². The summed E-state index contributed by atoms with van der Waals surface area (Å²) in [5, 5.41) is 0. The van der Waals surface area contributed by atoms with E-state index in [2.05, 4.69) is 4.74 Å². The van der Waals surface area contributed by atoms with Gasteiger partial charge in [-0.15, -0.1) is 0 Å². The summed E-state index contributed by atoms with van der Waals surface area (Å²) in [6.45, 7) is 0.639. The molecule has 0 aromatic carbocycles. The summed E-state index contributed by atoms with van der Waals surface area (Å²) < 4.78 is 40.1. The van der Waals surface area contributed by atoms with Gasteiger partial charge in [-0.05, 0) is 13.3 Å². The second kappa shape index (κ2) is 5.16. The van der Waals surface area contributed by atoms with Crippen LogP contribution in [0.5, 0.6) is 0 Å². The third kappa shape index (κ3) is 5.03. The number of hydrogen-bond donors (Lipinski definition) is 2. The minimum absolute atomic E-state index is 0.0181. The fourth-order valence-electron chi connectivity index (χ4n) is 0.609. The molecule has 0 radical (unpaired) electrons. The number of halogens is 3. The first-order valence-corrected chi connectivity index (χ1v) is 3.98. The normalized spacial score (nSPS) is 16.4. The molecule has 84 valence electrons. The molecule has 4 nitrogen and oxygen atoms in total. The standard InChI is InChI=1S/C7H13F3N2O2/c1-4(7(8,9)10)14-3-2-5(11)6(12)13/h4-5H,2-3,11H2,1H3,(H2,12,13). The predicted octanol–water partition coefficient (Wildman–Crippen LogP) is 0.157. The van der Waals surface area contributed by atoms with Crippen LogP contribution in [0.25, 0.3) is 0 Å². The van der Waals surface area contributed by atoms with Gasteiger partial charge in [-0.25, -0.2) is 0 Å². The number of carbonyl (C=O) groups is 1. The quantitative estimate of drug-likeness (QED) is 0.684. The first-order valence-electron chi connectivity index (χ1n) is 3.98. The van der Waals surface area contributed by atoms with Crippen LogP contribution in [0.1, 0.15) is 13.3 Å². The first kappa shape index (κ1) is 13.2. The molecular formula is C7H13F3N2O2. The molecule has 0 saturated heterocycles. The molecule has 0 bridgehead atoms. The van der Waals surface area contributed by atoms with Crippen LogP contribution < -0.4 is 11.5 Å². The van der Waals surface area contributed by atoms with Gasteiger partial charge >= 0.3 is 6.18 Å². The second-order valence-corrected chi connectivity index (χ2v) is 2.85. The molecular weight excluding hydrogens is 201 g/mol. The summed E-state index contributed by atoms with van der Waals surface area (Å²) in [7, 11) is 0. The lowest BCUT2D eigenvalue weighted by molar-refractivity contribution is -0.214. The van der Waals surface area contributed by atoms with E-state index in [9.17, 15) is 18.0 Å². The molecule has 0 aromatic rings. The molecule has 0 rings (SSSR count). The molecule has 0 aliphatic carbocycles. The van der Waals surface area contributed by atoms with Crippen molar-refractivity contribution in [1.29, 1.82) is 0 Å². The zero-order valence-corrected chi connectivity index (χ0v) is 7.67. The average Bonchev–Trinajstić information content (AvgIpc) is 2.01. The van der Waals surface area contributed by atoms with Crippen LogP contribution in [0.3, 0.4) is 0 Å². The monoisotopic (exact) mass is 214 g/mol. The van der Waals surface area contributed by atoms with Gasteiger partial charge in [0.15, 0.2) is 6.10 Å². The highest BCUT2D eigenvalue weighted by Gasteiger charge is 2.36. The summed E-state index contributed by atoms with van der Waals surface area (Å²) in [4.78, 5) is 10.4. The van der Waals surface area contributed by atoms with Crippen LogP contribution in [-0.2, 0) is 9.53 Å². The van der Waals surface area contributed by atoms with E-state index in [4.69, 9.17) is 11.5 Å². The number of rotatable bonds is 5. The zero-order valence-electron chi connectivity index (χ0n) is 7.67. The molecule has 14 heavy (non-hydrogen) atoms. The van der Waals surface area contributed by atoms with Crippen LogP contribution >= 0.6 is 0 Å². The van der Waals surface area contributed by atoms with E-state index in [1.807, 2.05) is 0 Å². The number of ether oxygens (including phenoxy) is 1. The summed E-state index contributed by atoms with van der Waals surface area (Å²) in [5.74, 6) is -0.756. The van der Waals surface area contributed by atoms with E-state index in [0.29, 0.717) is 0 Å². The van der Waals surface area contributed by atoms with E-state index in [1.54, 1.807) is 0 Å². The van der Waals surface area contributed by atoms with E-state index in [1.165, 1.54) is 0 Å². The summed E-state index contributed by atoms with van der Waals surface area (Å²) in [5.41, 5.74) is 9.97. The maximum Gasteiger partial charge on any atom is 0.414 e. The lowest BCUT2D eigenvalue weighted by Gasteiger charge is -2.17. The number of amides is 1. The Kier molecular flexibility index (Phi) is 4.86. The molecule has 2 unspecified atom stereocenters. The molecule has 0 fully saturated rings. The van der Waals surface area contributed by atoms with Crippen LogP contribution in [0, 0.1) is 0 Å². The fourth-order valence-corrected chi connectivity index (χ4v) is 0.609. The van der Waals surface area contributed by atoms with Crippen molar-refractivity contribution in [3.8, 4) is 0 Å². The highest BCUT2D eigenvalue weighted by Crippen LogP contribution is 2.22. The number of nitrogens with two attached hydrogens (primary N) is 2. The molecule has 0 aromatic heterocycles. The van der Waals surface area contributed by atoms with Crippen molar-refractivity contribution in [3.05, 3.63) is 0 Å². The molecule has 0 spiro atoms. The Morgan fingerprint density at radius 3 is 2.36 bits per heavy atom. The van der Waals surface area contributed by atoms with Crippen LogP contribution in [0.4, 0.5) is 13.2 Å². The Balaban J connectivity index is 3.70. The second-order valence-electron chi connectivity index (χ2n) is 2.85. The average molecular weight is 214 g/mol. The summed E-state index contributed by atoms with van der Waals surface area (Å²) >= 11 is 0. The van der Waals surface area contributed by atoms with Crippen LogP contribution in [-0.4, -0.2) is 30.8 Å². The Hall–Kier alpha value is -0.820. The first-order chi connectivity index (χ1) is 6.25. The maximum atomic E-state index is 11.9. The van der Waals surface area contributed by atoms with Crippen molar-refractivity contribution < 1.29 is 22.7 Å². The lowest BCUT2D eigenvalue weighted by Crippen LogP contribution is -2.38. The SMILES string of the molecule is CC(OCCC(N)C(N)=O)C(F)(F)F. The fraction of sp³-hybridized carbons (Fsp3) is 0.857. The third-order valence-electron chi connectivity index (χ3n) is 1.62. The van der Waals surface area contributed by atoms with Gasteiger partial charge < -0.3 is 16.2 Å². The largest absolute Gasteiger partial charge is 0.414 e. The van der Waals surface area contributed by atoms with Crippen molar-refractivity contribution in [2.24, 2.45) is 11.5 Å². The van der Waals surface area contributed by atoms with Crippen molar-refractivity contribution in [2.75, 3.05) is 6.61 Å². The third-order valence-corrected chi connectivity index (χ3v) is 1.62. The molecule has 0 aliphatic heterocycles. The van der Waals surface area contributed by atoms with Gasteiger partial charge in [0.2, 0.25) is 5.91 Å². The molecule has 0 heterocycles. The van der Waals surface area contributed by atoms with Crippen molar-refractivity contribution in [3.63, 3.8) is 0 Å². The summed E-state index contributed by atoms with van der Waals surface area (Å²) in [6.07, 6.45) is -6.27. The molecule has 4 N–H and O–H groups in total. The lowest BCUT2D eigenvalue weighted by atomic mass is 10.2. The van der Waals surface area contributed by atoms with Crippen LogP contribution in [0.15, 0.2) is 0 Å². The van der Waals surface area contributed by atoms with Crippen molar-refractivity contribution in [1.82, 2.24) is 0 Å². The Morgan fingerprint density at radius 1 is 1.50 bits per heavy atom. The minimum Gasteiger partial charge on any atom is -0.369 e. The van der Waals surface area contributed by atoms with Gasteiger partial charge in [0, 0.05) is 6.61 Å². The zero-order chi connectivity index (χ0) is 11.4. The molecule has 2 atom stereocenters. The smallest absolute Gasteiger partial charge is 0.369 e. The van der Waals surface area contributed by atoms with Crippen LogP contribution in [0.2, 0.25) is 0 Å². The Bertz CT molecular complexity index is 196. The van der Waals surface area contributed by atoms with Gasteiger partial charge in [0.05, 0.1) is 6.04 Å². The maximum absolute atomic E-state index is 11.9. The highest BCUT2D eigenvalue weighted by molar-refractivity contribution is 5.79. The van der Waals surface area contributed by atoms with Crippen molar-refractivity contribution in [2.45, 2.75) is 31.7 Å². The van der Waals surface area contributed by atoms with E-state index >= 15 is 0 Å². The van der Waals surface area contributed by atoms with Crippen molar-refractivity contribution >= 4 is 5.91 Å². The predicted molar refractivity (Wildman–Crippen MR) is 43.3 cm³/mol. The minimum atomic E-state index is -4.39.